The van der Waals surface area contributed by atoms with Crippen LogP contribution < -0.4 is 5.73 Å². The Morgan fingerprint density at radius 2 is 2.47 bits per heavy atom. The molecule has 1 aromatic heterocycles. The zero-order valence-electron chi connectivity index (χ0n) is 8.65. The van der Waals surface area contributed by atoms with Gasteiger partial charge in [-0.15, -0.1) is 0 Å². The van der Waals surface area contributed by atoms with Crippen LogP contribution in [0.5, 0.6) is 0 Å². The highest BCUT2D eigenvalue weighted by Gasteiger charge is 2.32. The van der Waals surface area contributed by atoms with Crippen molar-refractivity contribution in [1.29, 1.82) is 0 Å². The molecule has 1 aromatic rings. The van der Waals surface area contributed by atoms with Crippen molar-refractivity contribution in [3.05, 3.63) is 18.0 Å². The first kappa shape index (κ1) is 10.2. The first-order chi connectivity index (χ1) is 7.33. The van der Waals surface area contributed by atoms with Gasteiger partial charge in [0.25, 0.3) is 5.91 Å². The average Bonchev–Trinajstić information content (AvgIpc) is 2.94. The highest BCUT2D eigenvalue weighted by Crippen LogP contribution is 2.28. The Morgan fingerprint density at radius 3 is 3.00 bits per heavy atom. The van der Waals surface area contributed by atoms with Gasteiger partial charge in [-0.2, -0.15) is 5.10 Å². The first-order valence-electron chi connectivity index (χ1n) is 5.32. The van der Waals surface area contributed by atoms with Gasteiger partial charge in [0.15, 0.2) is 0 Å². The number of hydrogen-bond donors (Lipinski definition) is 2. The summed E-state index contributed by atoms with van der Waals surface area (Å²) in [7, 11) is 0. The van der Waals surface area contributed by atoms with Gasteiger partial charge < -0.3 is 10.6 Å². The SMILES string of the molecule is NCCCN(C(=O)c1cn[nH]c1)C1CC1. The van der Waals surface area contributed by atoms with Crippen LogP contribution in [0.2, 0.25) is 0 Å². The summed E-state index contributed by atoms with van der Waals surface area (Å²) < 4.78 is 0. The summed E-state index contributed by atoms with van der Waals surface area (Å²) in [6.07, 6.45) is 6.31. The van der Waals surface area contributed by atoms with Crippen LogP contribution in [0, 0.1) is 0 Å². The third kappa shape index (κ3) is 2.36. The zero-order chi connectivity index (χ0) is 10.7. The van der Waals surface area contributed by atoms with E-state index in [0.717, 1.165) is 25.8 Å². The van der Waals surface area contributed by atoms with Crippen LogP contribution in [-0.2, 0) is 0 Å². The molecule has 0 atom stereocenters. The summed E-state index contributed by atoms with van der Waals surface area (Å²) in [6.45, 7) is 1.38. The Kier molecular flexibility index (Phi) is 3.01. The molecule has 1 aliphatic carbocycles. The van der Waals surface area contributed by atoms with Crippen LogP contribution in [0.1, 0.15) is 29.6 Å². The predicted octanol–water partition coefficient (Wildman–Crippen LogP) is 0.363. The number of aromatic amines is 1. The second kappa shape index (κ2) is 4.44. The summed E-state index contributed by atoms with van der Waals surface area (Å²) in [5.74, 6) is 0.0692. The lowest BCUT2D eigenvalue weighted by atomic mass is 10.2. The summed E-state index contributed by atoms with van der Waals surface area (Å²) in [5, 5.41) is 6.45. The van der Waals surface area contributed by atoms with Crippen molar-refractivity contribution in [2.45, 2.75) is 25.3 Å². The molecule has 0 aliphatic heterocycles. The molecule has 15 heavy (non-hydrogen) atoms. The molecule has 0 spiro atoms. The normalized spacial score (nSPS) is 15.3. The second-order valence-electron chi connectivity index (χ2n) is 3.86. The van der Waals surface area contributed by atoms with E-state index in [4.69, 9.17) is 5.73 Å². The third-order valence-electron chi connectivity index (χ3n) is 2.60. The van der Waals surface area contributed by atoms with E-state index in [2.05, 4.69) is 10.2 Å². The monoisotopic (exact) mass is 208 g/mol. The number of nitrogens with one attached hydrogen (secondary N) is 1. The Balaban J connectivity index is 2.01. The fourth-order valence-electron chi connectivity index (χ4n) is 1.63. The molecule has 1 amide bonds. The van der Waals surface area contributed by atoms with Crippen molar-refractivity contribution in [3.8, 4) is 0 Å². The van der Waals surface area contributed by atoms with Crippen LogP contribution in [-0.4, -0.2) is 40.1 Å². The molecule has 82 valence electrons. The molecule has 5 nitrogen and oxygen atoms in total. The van der Waals surface area contributed by atoms with Gasteiger partial charge in [0.1, 0.15) is 0 Å². The molecule has 1 saturated carbocycles. The van der Waals surface area contributed by atoms with Crippen molar-refractivity contribution in [2.24, 2.45) is 5.73 Å². The predicted molar refractivity (Wildman–Crippen MR) is 56.3 cm³/mol. The minimum Gasteiger partial charge on any atom is -0.336 e. The Hall–Kier alpha value is -1.36. The average molecular weight is 208 g/mol. The highest BCUT2D eigenvalue weighted by molar-refractivity contribution is 5.94. The molecular formula is C10H16N4O. The van der Waals surface area contributed by atoms with Crippen LogP contribution in [0.15, 0.2) is 12.4 Å². The summed E-state index contributed by atoms with van der Waals surface area (Å²) in [5.41, 5.74) is 6.10. The maximum atomic E-state index is 12.0. The van der Waals surface area contributed by atoms with Gasteiger partial charge in [-0.3, -0.25) is 9.89 Å². The van der Waals surface area contributed by atoms with E-state index in [-0.39, 0.29) is 5.91 Å². The van der Waals surface area contributed by atoms with E-state index in [1.54, 1.807) is 12.4 Å². The first-order valence-corrected chi connectivity index (χ1v) is 5.32. The number of nitrogens with zero attached hydrogens (tertiary/aromatic N) is 2. The molecular weight excluding hydrogens is 192 g/mol. The second-order valence-corrected chi connectivity index (χ2v) is 3.86. The molecule has 1 heterocycles. The third-order valence-corrected chi connectivity index (χ3v) is 2.60. The Bertz CT molecular complexity index is 318. The maximum Gasteiger partial charge on any atom is 0.257 e. The van der Waals surface area contributed by atoms with E-state index >= 15 is 0 Å². The van der Waals surface area contributed by atoms with Gasteiger partial charge in [-0.1, -0.05) is 0 Å². The van der Waals surface area contributed by atoms with Crippen molar-refractivity contribution in [3.63, 3.8) is 0 Å². The summed E-state index contributed by atoms with van der Waals surface area (Å²) in [4.78, 5) is 13.9. The van der Waals surface area contributed by atoms with E-state index in [9.17, 15) is 4.79 Å². The minimum absolute atomic E-state index is 0.0692. The van der Waals surface area contributed by atoms with E-state index in [1.807, 2.05) is 4.90 Å². The van der Waals surface area contributed by atoms with Gasteiger partial charge >= 0.3 is 0 Å². The molecule has 2 rings (SSSR count). The number of H-pyrrole nitrogens is 1. The van der Waals surface area contributed by atoms with Crippen LogP contribution in [0.4, 0.5) is 0 Å². The number of amides is 1. The van der Waals surface area contributed by atoms with Gasteiger partial charge in [-0.05, 0) is 25.8 Å². The molecule has 0 aromatic carbocycles. The number of carbonyl (C=O) groups excluding carboxylic acids is 1. The fourth-order valence-corrected chi connectivity index (χ4v) is 1.63. The molecule has 0 saturated heterocycles. The molecule has 1 fully saturated rings. The number of hydrogen-bond acceptors (Lipinski definition) is 3. The molecule has 0 bridgehead atoms. The number of nitrogens with two attached hydrogens (primary N) is 1. The van der Waals surface area contributed by atoms with Crippen molar-refractivity contribution in [2.75, 3.05) is 13.1 Å². The standard InChI is InChI=1S/C10H16N4O/c11-4-1-5-14(9-2-3-9)10(15)8-6-12-13-7-8/h6-7,9H,1-5,11H2,(H,12,13). The van der Waals surface area contributed by atoms with Gasteiger partial charge in [0.05, 0.1) is 11.8 Å². The summed E-state index contributed by atoms with van der Waals surface area (Å²) >= 11 is 0. The number of aromatic nitrogens is 2. The van der Waals surface area contributed by atoms with E-state index < -0.39 is 0 Å². The molecule has 0 radical (unpaired) electrons. The topological polar surface area (TPSA) is 75.0 Å². The van der Waals surface area contributed by atoms with Crippen molar-refractivity contribution < 1.29 is 4.79 Å². The Morgan fingerprint density at radius 1 is 1.67 bits per heavy atom. The quantitative estimate of drug-likeness (QED) is 0.733. The van der Waals surface area contributed by atoms with Gasteiger partial charge in [0.2, 0.25) is 0 Å². The molecule has 1 aliphatic rings. The van der Waals surface area contributed by atoms with E-state index in [0.29, 0.717) is 18.2 Å². The van der Waals surface area contributed by atoms with Gasteiger partial charge in [0, 0.05) is 18.8 Å². The van der Waals surface area contributed by atoms with Crippen molar-refractivity contribution >= 4 is 5.91 Å². The van der Waals surface area contributed by atoms with Crippen LogP contribution >= 0.6 is 0 Å². The fraction of sp³-hybridized carbons (Fsp3) is 0.600. The zero-order valence-corrected chi connectivity index (χ0v) is 8.65. The lowest BCUT2D eigenvalue weighted by molar-refractivity contribution is 0.0742. The van der Waals surface area contributed by atoms with Crippen LogP contribution in [0.3, 0.4) is 0 Å². The molecule has 5 heteroatoms. The van der Waals surface area contributed by atoms with Gasteiger partial charge in [-0.25, -0.2) is 0 Å². The number of rotatable bonds is 5. The smallest absolute Gasteiger partial charge is 0.257 e. The molecule has 3 N–H and O–H groups in total. The highest BCUT2D eigenvalue weighted by atomic mass is 16.2. The van der Waals surface area contributed by atoms with E-state index in [1.165, 1.54) is 0 Å². The lowest BCUT2D eigenvalue weighted by Crippen LogP contribution is -2.34. The Labute approximate surface area is 88.6 Å². The minimum atomic E-state index is 0.0692. The molecule has 0 unspecified atom stereocenters. The van der Waals surface area contributed by atoms with Crippen LogP contribution in [0.25, 0.3) is 0 Å². The lowest BCUT2D eigenvalue weighted by Gasteiger charge is -2.21. The number of carbonyl (C=O) groups is 1. The van der Waals surface area contributed by atoms with Crippen molar-refractivity contribution in [1.82, 2.24) is 15.1 Å². The maximum absolute atomic E-state index is 12.0. The largest absolute Gasteiger partial charge is 0.336 e. The summed E-state index contributed by atoms with van der Waals surface area (Å²) in [6, 6.07) is 0.430.